The normalized spacial score (nSPS) is 24.6. The number of benzene rings is 1. The summed E-state index contributed by atoms with van der Waals surface area (Å²) in [5.41, 5.74) is 7.27. The van der Waals surface area contributed by atoms with E-state index >= 15 is 0 Å². The number of nitrogens with two attached hydrogens (primary N) is 1. The fraction of sp³-hybridized carbons (Fsp3) is 0.600. The third-order valence-corrected chi connectivity index (χ3v) is 3.85. The number of halogens is 1. The second-order valence-corrected chi connectivity index (χ2v) is 6.22. The molecule has 0 amide bonds. The van der Waals surface area contributed by atoms with Crippen molar-refractivity contribution in [3.63, 3.8) is 0 Å². The van der Waals surface area contributed by atoms with Gasteiger partial charge in [-0.25, -0.2) is 0 Å². The number of hydrogen-bond acceptors (Lipinski definition) is 2. The molecule has 100 valence electrons. The summed E-state index contributed by atoms with van der Waals surface area (Å²) in [7, 11) is 0. The molecule has 0 radical (unpaired) electrons. The van der Waals surface area contributed by atoms with Gasteiger partial charge in [0.2, 0.25) is 0 Å². The minimum atomic E-state index is 0.0343. The van der Waals surface area contributed by atoms with E-state index in [1.54, 1.807) is 0 Å². The molecule has 0 saturated heterocycles. The van der Waals surface area contributed by atoms with Gasteiger partial charge in [-0.1, -0.05) is 32.4 Å². The van der Waals surface area contributed by atoms with E-state index in [0.717, 1.165) is 22.8 Å². The topological polar surface area (TPSA) is 35.2 Å². The second kappa shape index (κ2) is 5.50. The minimum Gasteiger partial charge on any atom is -0.490 e. The Morgan fingerprint density at radius 1 is 1.39 bits per heavy atom. The van der Waals surface area contributed by atoms with Crippen molar-refractivity contribution in [1.29, 1.82) is 0 Å². The molecule has 1 aromatic rings. The average molecular weight is 268 g/mol. The first-order chi connectivity index (χ1) is 8.47. The van der Waals surface area contributed by atoms with Gasteiger partial charge in [-0.05, 0) is 36.5 Å². The Kier molecular flexibility index (Phi) is 4.18. The molecule has 3 atom stereocenters. The van der Waals surface area contributed by atoms with E-state index in [-0.39, 0.29) is 12.1 Å². The van der Waals surface area contributed by atoms with Gasteiger partial charge < -0.3 is 10.5 Å². The first-order valence-electron chi connectivity index (χ1n) is 6.69. The molecular weight excluding hydrogens is 246 g/mol. The van der Waals surface area contributed by atoms with Crippen LogP contribution in [0.15, 0.2) is 18.2 Å². The van der Waals surface area contributed by atoms with E-state index < -0.39 is 0 Å². The van der Waals surface area contributed by atoms with Gasteiger partial charge in [0.05, 0.1) is 0 Å². The van der Waals surface area contributed by atoms with Crippen molar-refractivity contribution in [1.82, 2.24) is 0 Å². The Labute approximate surface area is 114 Å². The van der Waals surface area contributed by atoms with E-state index in [1.165, 1.54) is 6.42 Å². The Hall–Kier alpha value is -0.730. The van der Waals surface area contributed by atoms with Crippen molar-refractivity contribution in [2.24, 2.45) is 17.6 Å². The standard InChI is InChI=1S/C15H22ClNO/c1-9(2)6-10(3)15-8-13(17)12-7-11(16)4-5-14(12)18-15/h4-5,7,9-10,13,15H,6,8,17H2,1-3H3. The highest BCUT2D eigenvalue weighted by Gasteiger charge is 2.30. The van der Waals surface area contributed by atoms with Crippen LogP contribution < -0.4 is 10.5 Å². The highest BCUT2D eigenvalue weighted by molar-refractivity contribution is 6.30. The molecule has 0 aliphatic carbocycles. The monoisotopic (exact) mass is 267 g/mol. The highest BCUT2D eigenvalue weighted by Crippen LogP contribution is 2.38. The number of fused-ring (bicyclic) bond motifs is 1. The van der Waals surface area contributed by atoms with Crippen molar-refractivity contribution in [2.45, 2.75) is 45.8 Å². The van der Waals surface area contributed by atoms with Crippen molar-refractivity contribution >= 4 is 11.6 Å². The molecule has 1 aromatic carbocycles. The van der Waals surface area contributed by atoms with E-state index in [0.29, 0.717) is 11.8 Å². The van der Waals surface area contributed by atoms with Crippen LogP contribution in [0.25, 0.3) is 0 Å². The molecule has 0 aromatic heterocycles. The lowest BCUT2D eigenvalue weighted by Gasteiger charge is -2.34. The zero-order chi connectivity index (χ0) is 13.3. The van der Waals surface area contributed by atoms with Gasteiger partial charge in [-0.2, -0.15) is 0 Å². The zero-order valence-electron chi connectivity index (χ0n) is 11.3. The summed E-state index contributed by atoms with van der Waals surface area (Å²) >= 11 is 6.00. The Morgan fingerprint density at radius 2 is 2.11 bits per heavy atom. The van der Waals surface area contributed by atoms with Crippen molar-refractivity contribution in [2.75, 3.05) is 0 Å². The molecule has 3 unspecified atom stereocenters. The molecule has 3 heteroatoms. The van der Waals surface area contributed by atoms with Gasteiger partial charge in [-0.15, -0.1) is 0 Å². The van der Waals surface area contributed by atoms with E-state index in [1.807, 2.05) is 18.2 Å². The fourth-order valence-corrected chi connectivity index (χ4v) is 2.93. The van der Waals surface area contributed by atoms with Gasteiger partial charge in [0.25, 0.3) is 0 Å². The first-order valence-corrected chi connectivity index (χ1v) is 7.07. The molecule has 1 heterocycles. The van der Waals surface area contributed by atoms with Crippen LogP contribution in [0.2, 0.25) is 5.02 Å². The predicted octanol–water partition coefficient (Wildman–Crippen LogP) is 4.17. The summed E-state index contributed by atoms with van der Waals surface area (Å²) < 4.78 is 6.08. The lowest BCUT2D eigenvalue weighted by atomic mass is 9.87. The van der Waals surface area contributed by atoms with Crippen LogP contribution in [0.5, 0.6) is 5.75 Å². The molecule has 0 saturated carbocycles. The summed E-state index contributed by atoms with van der Waals surface area (Å²) in [6, 6.07) is 5.76. The smallest absolute Gasteiger partial charge is 0.124 e. The molecule has 2 N–H and O–H groups in total. The van der Waals surface area contributed by atoms with Gasteiger partial charge in [-0.3, -0.25) is 0 Å². The summed E-state index contributed by atoms with van der Waals surface area (Å²) in [6.07, 6.45) is 2.26. The molecule has 0 fully saturated rings. The van der Waals surface area contributed by atoms with Crippen LogP contribution in [0.4, 0.5) is 0 Å². The van der Waals surface area contributed by atoms with Crippen molar-refractivity contribution in [3.8, 4) is 5.75 Å². The third kappa shape index (κ3) is 2.99. The fourth-order valence-electron chi connectivity index (χ4n) is 2.75. The molecule has 18 heavy (non-hydrogen) atoms. The molecule has 1 aliphatic heterocycles. The van der Waals surface area contributed by atoms with Gasteiger partial charge in [0.15, 0.2) is 0 Å². The summed E-state index contributed by atoms with van der Waals surface area (Å²) in [6.45, 7) is 6.73. The van der Waals surface area contributed by atoms with Crippen molar-refractivity contribution < 1.29 is 4.74 Å². The number of rotatable bonds is 3. The van der Waals surface area contributed by atoms with Crippen LogP contribution >= 0.6 is 11.6 Å². The van der Waals surface area contributed by atoms with E-state index in [9.17, 15) is 0 Å². The van der Waals surface area contributed by atoms with Crippen LogP contribution in [0.1, 0.15) is 45.2 Å². The predicted molar refractivity (Wildman–Crippen MR) is 76.0 cm³/mol. The molecule has 2 nitrogen and oxygen atoms in total. The minimum absolute atomic E-state index is 0.0343. The third-order valence-electron chi connectivity index (χ3n) is 3.61. The van der Waals surface area contributed by atoms with E-state index in [4.69, 9.17) is 22.1 Å². The van der Waals surface area contributed by atoms with Gasteiger partial charge in [0, 0.05) is 23.0 Å². The average Bonchev–Trinajstić information content (AvgIpc) is 2.29. The Balaban J connectivity index is 2.15. The maximum atomic E-state index is 6.24. The SMILES string of the molecule is CC(C)CC(C)C1CC(N)c2cc(Cl)ccc2O1. The second-order valence-electron chi connectivity index (χ2n) is 5.79. The van der Waals surface area contributed by atoms with Crippen LogP contribution in [0, 0.1) is 11.8 Å². The maximum Gasteiger partial charge on any atom is 0.124 e. The van der Waals surface area contributed by atoms with Crippen LogP contribution in [0.3, 0.4) is 0 Å². The highest BCUT2D eigenvalue weighted by atomic mass is 35.5. The van der Waals surface area contributed by atoms with Gasteiger partial charge in [0.1, 0.15) is 11.9 Å². The number of hydrogen-bond donors (Lipinski definition) is 1. The number of ether oxygens (including phenoxy) is 1. The molecule has 1 aliphatic rings. The summed E-state index contributed by atoms with van der Waals surface area (Å²) in [4.78, 5) is 0. The lowest BCUT2D eigenvalue weighted by molar-refractivity contribution is 0.0963. The molecule has 0 bridgehead atoms. The molecule has 2 rings (SSSR count). The maximum absolute atomic E-state index is 6.24. The van der Waals surface area contributed by atoms with Crippen molar-refractivity contribution in [3.05, 3.63) is 28.8 Å². The van der Waals surface area contributed by atoms with Gasteiger partial charge >= 0.3 is 0 Å². The lowest BCUT2D eigenvalue weighted by Crippen LogP contribution is -2.34. The first kappa shape index (κ1) is 13.7. The van der Waals surface area contributed by atoms with Crippen LogP contribution in [-0.4, -0.2) is 6.10 Å². The summed E-state index contributed by atoms with van der Waals surface area (Å²) in [5.74, 6) is 2.12. The largest absolute Gasteiger partial charge is 0.490 e. The zero-order valence-corrected chi connectivity index (χ0v) is 12.1. The Morgan fingerprint density at radius 3 is 2.78 bits per heavy atom. The summed E-state index contributed by atoms with van der Waals surface area (Å²) in [5, 5.41) is 0.724. The Bertz CT molecular complexity index is 419. The molecule has 0 spiro atoms. The molecular formula is C15H22ClNO. The van der Waals surface area contributed by atoms with E-state index in [2.05, 4.69) is 20.8 Å². The van der Waals surface area contributed by atoms with Crippen LogP contribution in [-0.2, 0) is 0 Å². The quantitative estimate of drug-likeness (QED) is 0.892.